The van der Waals surface area contributed by atoms with Crippen LogP contribution in [-0.2, 0) is 16.1 Å². The van der Waals surface area contributed by atoms with E-state index in [-0.39, 0.29) is 6.54 Å². The molecule has 0 aliphatic carbocycles. The largest absolute Gasteiger partial charge is 0.344 e. The summed E-state index contributed by atoms with van der Waals surface area (Å²) in [6.45, 7) is 4.13. The lowest BCUT2D eigenvalue weighted by Crippen LogP contribution is -2.35. The van der Waals surface area contributed by atoms with Gasteiger partial charge in [-0.1, -0.05) is 41.4 Å². The molecule has 0 radical (unpaired) electrons. The van der Waals surface area contributed by atoms with Crippen molar-refractivity contribution in [3.8, 4) is 0 Å². The lowest BCUT2D eigenvalue weighted by molar-refractivity contribution is -0.136. The molecule has 2 N–H and O–H groups in total. The van der Waals surface area contributed by atoms with Crippen molar-refractivity contribution in [2.24, 2.45) is 0 Å². The average Bonchev–Trinajstić information content (AvgIpc) is 2.49. The maximum atomic E-state index is 11.9. The van der Waals surface area contributed by atoms with Crippen LogP contribution in [0.2, 0.25) is 5.02 Å². The molecule has 22 heavy (non-hydrogen) atoms. The molecule has 0 fully saturated rings. The number of anilines is 1. The van der Waals surface area contributed by atoms with Crippen molar-refractivity contribution in [2.45, 2.75) is 20.4 Å². The third-order valence-electron chi connectivity index (χ3n) is 3.20. The summed E-state index contributed by atoms with van der Waals surface area (Å²) in [4.78, 5) is 23.7. The number of halogens is 1. The van der Waals surface area contributed by atoms with Crippen LogP contribution in [0.4, 0.5) is 5.69 Å². The quantitative estimate of drug-likeness (QED) is 0.854. The van der Waals surface area contributed by atoms with E-state index >= 15 is 0 Å². The number of carbonyl (C=O) groups is 2. The molecule has 0 aromatic heterocycles. The summed E-state index contributed by atoms with van der Waals surface area (Å²) < 4.78 is 0. The van der Waals surface area contributed by atoms with Crippen LogP contribution in [-0.4, -0.2) is 11.8 Å². The Kier molecular flexibility index (Phi) is 5.17. The van der Waals surface area contributed by atoms with E-state index in [1.165, 1.54) is 0 Å². The molecule has 0 bridgehead atoms. The van der Waals surface area contributed by atoms with Crippen LogP contribution < -0.4 is 10.6 Å². The number of nitrogens with one attached hydrogen (secondary N) is 2. The van der Waals surface area contributed by atoms with Gasteiger partial charge in [0.1, 0.15) is 0 Å². The van der Waals surface area contributed by atoms with E-state index in [2.05, 4.69) is 10.6 Å². The Morgan fingerprint density at radius 2 is 1.68 bits per heavy atom. The fraction of sp³-hybridized carbons (Fsp3) is 0.176. The van der Waals surface area contributed by atoms with Crippen molar-refractivity contribution in [3.63, 3.8) is 0 Å². The topological polar surface area (TPSA) is 58.2 Å². The number of benzene rings is 2. The minimum absolute atomic E-state index is 0.274. The van der Waals surface area contributed by atoms with E-state index in [1.807, 2.05) is 26.0 Å². The van der Waals surface area contributed by atoms with E-state index in [4.69, 9.17) is 11.6 Å². The standard InChI is InChI=1S/C17H17ClN2O2/c1-11-3-8-15(12(2)9-11)20-17(22)16(21)19-10-13-4-6-14(18)7-5-13/h3-9H,10H2,1-2H3,(H,19,21)(H,20,22). The van der Waals surface area contributed by atoms with Crippen molar-refractivity contribution in [1.29, 1.82) is 0 Å². The van der Waals surface area contributed by atoms with Gasteiger partial charge in [0, 0.05) is 17.3 Å². The second-order valence-corrected chi connectivity index (χ2v) is 5.52. The highest BCUT2D eigenvalue weighted by molar-refractivity contribution is 6.39. The number of carbonyl (C=O) groups excluding carboxylic acids is 2. The van der Waals surface area contributed by atoms with Gasteiger partial charge in [0.25, 0.3) is 0 Å². The second-order valence-electron chi connectivity index (χ2n) is 5.08. The van der Waals surface area contributed by atoms with Crippen LogP contribution in [0.3, 0.4) is 0 Å². The number of aryl methyl sites for hydroxylation is 2. The molecule has 0 spiro atoms. The van der Waals surface area contributed by atoms with Gasteiger partial charge in [-0.2, -0.15) is 0 Å². The fourth-order valence-electron chi connectivity index (χ4n) is 2.00. The maximum absolute atomic E-state index is 11.9. The van der Waals surface area contributed by atoms with Gasteiger partial charge in [-0.15, -0.1) is 0 Å². The third kappa shape index (κ3) is 4.33. The Hall–Kier alpha value is -2.33. The molecule has 0 atom stereocenters. The van der Waals surface area contributed by atoms with E-state index in [9.17, 15) is 9.59 Å². The van der Waals surface area contributed by atoms with E-state index in [0.29, 0.717) is 10.7 Å². The van der Waals surface area contributed by atoms with Crippen LogP contribution in [0.15, 0.2) is 42.5 Å². The van der Waals surface area contributed by atoms with Crippen LogP contribution in [0, 0.1) is 13.8 Å². The highest BCUT2D eigenvalue weighted by atomic mass is 35.5. The zero-order valence-corrected chi connectivity index (χ0v) is 13.2. The molecule has 5 heteroatoms. The van der Waals surface area contributed by atoms with Gasteiger partial charge in [-0.25, -0.2) is 0 Å². The molecule has 114 valence electrons. The Morgan fingerprint density at radius 1 is 1.00 bits per heavy atom. The second kappa shape index (κ2) is 7.09. The zero-order chi connectivity index (χ0) is 16.1. The number of hydrogen-bond donors (Lipinski definition) is 2. The summed E-state index contributed by atoms with van der Waals surface area (Å²) >= 11 is 5.79. The van der Waals surface area contributed by atoms with E-state index in [0.717, 1.165) is 16.7 Å². The van der Waals surface area contributed by atoms with E-state index in [1.54, 1.807) is 30.3 Å². The molecule has 0 unspecified atom stereocenters. The first-order valence-electron chi connectivity index (χ1n) is 6.86. The van der Waals surface area contributed by atoms with Gasteiger partial charge in [0.2, 0.25) is 0 Å². The molecule has 0 heterocycles. The number of rotatable bonds is 3. The van der Waals surface area contributed by atoms with Crippen LogP contribution >= 0.6 is 11.6 Å². The molecular weight excluding hydrogens is 300 g/mol. The van der Waals surface area contributed by atoms with Crippen LogP contribution in [0.1, 0.15) is 16.7 Å². The van der Waals surface area contributed by atoms with Gasteiger partial charge < -0.3 is 10.6 Å². The van der Waals surface area contributed by atoms with E-state index < -0.39 is 11.8 Å². The van der Waals surface area contributed by atoms with Gasteiger partial charge in [0.15, 0.2) is 0 Å². The lowest BCUT2D eigenvalue weighted by Gasteiger charge is -2.09. The maximum Gasteiger partial charge on any atom is 0.313 e. The Morgan fingerprint density at radius 3 is 2.32 bits per heavy atom. The Bertz CT molecular complexity index is 696. The van der Waals surface area contributed by atoms with Crippen molar-refractivity contribution >= 4 is 29.1 Å². The van der Waals surface area contributed by atoms with Gasteiger partial charge in [-0.3, -0.25) is 9.59 Å². The minimum Gasteiger partial charge on any atom is -0.344 e. The molecule has 2 aromatic carbocycles. The molecule has 2 aromatic rings. The minimum atomic E-state index is -0.680. The molecule has 0 aliphatic rings. The van der Waals surface area contributed by atoms with Gasteiger partial charge in [-0.05, 0) is 43.2 Å². The fourth-order valence-corrected chi connectivity index (χ4v) is 2.12. The highest BCUT2D eigenvalue weighted by Gasteiger charge is 2.14. The molecule has 0 aliphatic heterocycles. The van der Waals surface area contributed by atoms with Gasteiger partial charge >= 0.3 is 11.8 Å². The molecule has 4 nitrogen and oxygen atoms in total. The number of amides is 2. The molecule has 0 saturated heterocycles. The first-order valence-corrected chi connectivity index (χ1v) is 7.24. The summed E-state index contributed by atoms with van der Waals surface area (Å²) in [5.74, 6) is -1.35. The predicted molar refractivity (Wildman–Crippen MR) is 87.8 cm³/mol. The van der Waals surface area contributed by atoms with Crippen molar-refractivity contribution in [1.82, 2.24) is 5.32 Å². The SMILES string of the molecule is Cc1ccc(NC(=O)C(=O)NCc2ccc(Cl)cc2)c(C)c1. The van der Waals surface area contributed by atoms with Crippen molar-refractivity contribution in [2.75, 3.05) is 5.32 Å². The summed E-state index contributed by atoms with van der Waals surface area (Å²) in [5, 5.41) is 5.81. The number of hydrogen-bond acceptors (Lipinski definition) is 2. The third-order valence-corrected chi connectivity index (χ3v) is 3.45. The first kappa shape index (κ1) is 16.0. The predicted octanol–water partition coefficient (Wildman–Crippen LogP) is 3.21. The highest BCUT2D eigenvalue weighted by Crippen LogP contribution is 2.15. The Balaban J connectivity index is 1.92. The summed E-state index contributed by atoms with van der Waals surface area (Å²) in [5.41, 5.74) is 3.52. The van der Waals surface area contributed by atoms with Gasteiger partial charge in [0.05, 0.1) is 0 Å². The zero-order valence-electron chi connectivity index (χ0n) is 12.4. The molecular formula is C17H17ClN2O2. The molecule has 2 amide bonds. The molecule has 2 rings (SSSR count). The van der Waals surface area contributed by atoms with Crippen molar-refractivity contribution in [3.05, 3.63) is 64.2 Å². The summed E-state index contributed by atoms with van der Waals surface area (Å²) in [6.07, 6.45) is 0. The smallest absolute Gasteiger partial charge is 0.313 e. The van der Waals surface area contributed by atoms with Crippen molar-refractivity contribution < 1.29 is 9.59 Å². The monoisotopic (exact) mass is 316 g/mol. The van der Waals surface area contributed by atoms with Crippen LogP contribution in [0.5, 0.6) is 0 Å². The Labute approximate surface area is 134 Å². The average molecular weight is 317 g/mol. The summed E-state index contributed by atoms with van der Waals surface area (Å²) in [6, 6.07) is 12.7. The van der Waals surface area contributed by atoms with Crippen LogP contribution in [0.25, 0.3) is 0 Å². The normalized spacial score (nSPS) is 10.1. The first-order chi connectivity index (χ1) is 10.5. The summed E-state index contributed by atoms with van der Waals surface area (Å²) in [7, 11) is 0. The lowest BCUT2D eigenvalue weighted by atomic mass is 10.1. The molecule has 0 saturated carbocycles.